The summed E-state index contributed by atoms with van der Waals surface area (Å²) >= 11 is 0. The summed E-state index contributed by atoms with van der Waals surface area (Å²) in [5.41, 5.74) is 2.79. The van der Waals surface area contributed by atoms with Crippen LogP contribution >= 0.6 is 0 Å². The Labute approximate surface area is 177 Å². The second-order valence-corrected chi connectivity index (χ2v) is 7.09. The van der Waals surface area contributed by atoms with E-state index in [1.165, 1.54) is 6.20 Å². The zero-order valence-electron chi connectivity index (χ0n) is 16.2. The molecule has 2 aromatic carbocycles. The highest BCUT2D eigenvalue weighted by molar-refractivity contribution is 6.11. The van der Waals surface area contributed by atoms with Crippen LogP contribution in [-0.2, 0) is 10.3 Å². The van der Waals surface area contributed by atoms with Crippen molar-refractivity contribution < 1.29 is 14.4 Å². The van der Waals surface area contributed by atoms with E-state index in [-0.39, 0.29) is 5.69 Å². The molecule has 0 aliphatic carbocycles. The first-order valence-electron chi connectivity index (χ1n) is 9.62. The van der Waals surface area contributed by atoms with Gasteiger partial charge in [0.2, 0.25) is 0 Å². The summed E-state index contributed by atoms with van der Waals surface area (Å²) < 4.78 is 1.68. The van der Waals surface area contributed by atoms with Crippen LogP contribution in [0.4, 0.5) is 4.79 Å². The van der Waals surface area contributed by atoms with Crippen molar-refractivity contribution in [3.05, 3.63) is 108 Å². The zero-order valence-corrected chi connectivity index (χ0v) is 16.2. The topological polar surface area (TPSA) is 95.8 Å². The van der Waals surface area contributed by atoms with Crippen molar-refractivity contribution in [1.29, 1.82) is 0 Å². The fourth-order valence-electron chi connectivity index (χ4n) is 3.77. The molecule has 4 aromatic rings. The lowest BCUT2D eigenvalue weighted by atomic mass is 9.83. The van der Waals surface area contributed by atoms with Gasteiger partial charge in [0.1, 0.15) is 11.3 Å². The molecule has 0 spiro atoms. The Morgan fingerprint density at radius 1 is 0.871 bits per heavy atom. The van der Waals surface area contributed by atoms with Gasteiger partial charge in [-0.05, 0) is 23.3 Å². The molecule has 0 atom stereocenters. The Kier molecular flexibility index (Phi) is 4.25. The molecule has 1 aliphatic rings. The molecule has 31 heavy (non-hydrogen) atoms. The number of urea groups is 1. The Hall–Kier alpha value is -4.46. The molecule has 0 radical (unpaired) electrons. The number of aromatic nitrogens is 2. The Bertz CT molecular complexity index is 1230. The summed E-state index contributed by atoms with van der Waals surface area (Å²) in [5.74, 6) is -1.27. The third-order valence-corrected chi connectivity index (χ3v) is 5.24. The van der Waals surface area contributed by atoms with Gasteiger partial charge in [0.25, 0.3) is 11.8 Å². The van der Waals surface area contributed by atoms with Gasteiger partial charge in [-0.1, -0.05) is 66.7 Å². The zero-order chi connectivity index (χ0) is 21.4. The van der Waals surface area contributed by atoms with Gasteiger partial charge >= 0.3 is 6.03 Å². The number of rotatable bonds is 4. The van der Waals surface area contributed by atoms with Crippen LogP contribution in [0.1, 0.15) is 21.6 Å². The number of imide groups is 1. The molecule has 0 unspecified atom stereocenters. The molecule has 4 amide bonds. The number of carbonyl (C=O) groups excluding carboxylic acids is 3. The number of pyridine rings is 1. The Morgan fingerprint density at radius 2 is 1.48 bits per heavy atom. The Balaban J connectivity index is 1.52. The number of hydrazine groups is 1. The minimum Gasteiger partial charge on any atom is -0.314 e. The molecule has 1 saturated heterocycles. The summed E-state index contributed by atoms with van der Waals surface area (Å²) in [7, 11) is 0. The van der Waals surface area contributed by atoms with Gasteiger partial charge in [-0.2, -0.15) is 5.01 Å². The summed E-state index contributed by atoms with van der Waals surface area (Å²) in [6, 6.07) is 22.5. The fourth-order valence-corrected chi connectivity index (χ4v) is 3.77. The largest absolute Gasteiger partial charge is 0.344 e. The lowest BCUT2D eigenvalue weighted by Gasteiger charge is -2.27. The summed E-state index contributed by atoms with van der Waals surface area (Å²) in [5, 5.41) is 3.49. The van der Waals surface area contributed by atoms with E-state index in [2.05, 4.69) is 15.7 Å². The molecule has 1 aliphatic heterocycles. The fraction of sp³-hybridized carbons (Fsp3) is 0.0435. The van der Waals surface area contributed by atoms with Crippen LogP contribution in [0, 0.1) is 0 Å². The van der Waals surface area contributed by atoms with Crippen molar-refractivity contribution >= 4 is 23.5 Å². The van der Waals surface area contributed by atoms with Gasteiger partial charge in [0.05, 0.1) is 0 Å². The minimum atomic E-state index is -1.45. The average Bonchev–Trinajstić information content (AvgIpc) is 3.35. The van der Waals surface area contributed by atoms with Gasteiger partial charge in [-0.3, -0.25) is 15.0 Å². The van der Waals surface area contributed by atoms with Crippen LogP contribution in [0.5, 0.6) is 0 Å². The Morgan fingerprint density at radius 3 is 2.10 bits per heavy atom. The number of amides is 4. The number of imidazole rings is 1. The van der Waals surface area contributed by atoms with Crippen LogP contribution in [0.25, 0.3) is 5.65 Å². The van der Waals surface area contributed by atoms with Gasteiger partial charge in [-0.25, -0.2) is 9.78 Å². The molecule has 152 valence electrons. The monoisotopic (exact) mass is 411 g/mol. The van der Waals surface area contributed by atoms with Crippen molar-refractivity contribution in [1.82, 2.24) is 25.1 Å². The molecule has 2 aromatic heterocycles. The highest BCUT2D eigenvalue weighted by Crippen LogP contribution is 2.35. The second-order valence-electron chi connectivity index (χ2n) is 7.09. The molecule has 2 N–H and O–H groups in total. The maximum Gasteiger partial charge on any atom is 0.344 e. The van der Waals surface area contributed by atoms with Crippen LogP contribution in [-0.4, -0.2) is 32.2 Å². The van der Waals surface area contributed by atoms with Crippen molar-refractivity contribution in [3.63, 3.8) is 0 Å². The maximum atomic E-state index is 13.6. The van der Waals surface area contributed by atoms with Gasteiger partial charge < -0.3 is 9.72 Å². The number of hydrogen-bond acceptors (Lipinski definition) is 4. The van der Waals surface area contributed by atoms with E-state index < -0.39 is 23.4 Å². The minimum absolute atomic E-state index is 0.0868. The highest BCUT2D eigenvalue weighted by Gasteiger charge is 2.54. The second kappa shape index (κ2) is 7.10. The van der Waals surface area contributed by atoms with Crippen molar-refractivity contribution in [3.8, 4) is 0 Å². The smallest absolute Gasteiger partial charge is 0.314 e. The molecule has 0 saturated carbocycles. The van der Waals surface area contributed by atoms with Crippen LogP contribution in [0.3, 0.4) is 0 Å². The molecular weight excluding hydrogens is 394 g/mol. The van der Waals surface area contributed by atoms with E-state index in [0.717, 1.165) is 0 Å². The molecule has 5 rings (SSSR count). The number of nitrogens with zero attached hydrogens (tertiary/aromatic N) is 3. The van der Waals surface area contributed by atoms with Gasteiger partial charge in [0, 0.05) is 12.4 Å². The summed E-state index contributed by atoms with van der Waals surface area (Å²) in [6.07, 6.45) is 3.29. The van der Waals surface area contributed by atoms with Gasteiger partial charge in [-0.15, -0.1) is 0 Å². The third kappa shape index (κ3) is 2.93. The maximum absolute atomic E-state index is 13.6. The quantitative estimate of drug-likeness (QED) is 0.505. The van der Waals surface area contributed by atoms with E-state index in [4.69, 9.17) is 0 Å². The first-order chi connectivity index (χ1) is 15.1. The molecule has 8 heteroatoms. The molecule has 0 bridgehead atoms. The van der Waals surface area contributed by atoms with Crippen molar-refractivity contribution in [2.75, 3.05) is 0 Å². The van der Waals surface area contributed by atoms with Crippen LogP contribution in [0.2, 0.25) is 0 Å². The van der Waals surface area contributed by atoms with E-state index in [0.29, 0.717) is 21.8 Å². The molecule has 1 fully saturated rings. The molecule has 3 heterocycles. The predicted octanol–water partition coefficient (Wildman–Crippen LogP) is 2.47. The predicted molar refractivity (Wildman–Crippen MR) is 112 cm³/mol. The van der Waals surface area contributed by atoms with E-state index in [9.17, 15) is 14.4 Å². The number of nitrogens with one attached hydrogen (secondary N) is 2. The van der Waals surface area contributed by atoms with Crippen LogP contribution in [0.15, 0.2) is 91.3 Å². The first-order valence-corrected chi connectivity index (χ1v) is 9.62. The SMILES string of the molecule is O=C(NN1C(=O)NC(c2ccccc2)(c2ccccc2)C1=O)c1cn2ccccc2n1. The number of benzene rings is 2. The first kappa shape index (κ1) is 18.6. The summed E-state index contributed by atoms with van der Waals surface area (Å²) in [4.78, 5) is 43.4. The number of fused-ring (bicyclic) bond motifs is 1. The number of carbonyl (C=O) groups is 3. The van der Waals surface area contributed by atoms with Crippen molar-refractivity contribution in [2.24, 2.45) is 0 Å². The normalized spacial score (nSPS) is 15.2. The van der Waals surface area contributed by atoms with E-state index in [1.54, 1.807) is 71.3 Å². The van der Waals surface area contributed by atoms with E-state index in [1.807, 2.05) is 18.2 Å². The highest BCUT2D eigenvalue weighted by atomic mass is 16.2. The third-order valence-electron chi connectivity index (χ3n) is 5.24. The standard InChI is InChI=1S/C23H17N5O3/c29-20(18-15-27-14-8-7-13-19(27)24-18)26-28-21(30)23(25-22(28)31,16-9-3-1-4-10-16)17-11-5-2-6-12-17/h1-15H,(H,25,31)(H,26,29). The lowest BCUT2D eigenvalue weighted by Crippen LogP contribution is -2.49. The van der Waals surface area contributed by atoms with E-state index >= 15 is 0 Å². The van der Waals surface area contributed by atoms with Crippen LogP contribution < -0.4 is 10.7 Å². The van der Waals surface area contributed by atoms with Gasteiger partial charge in [0.15, 0.2) is 5.54 Å². The van der Waals surface area contributed by atoms with Crippen molar-refractivity contribution in [2.45, 2.75) is 5.54 Å². The lowest BCUT2D eigenvalue weighted by molar-refractivity contribution is -0.131. The number of hydrogen-bond donors (Lipinski definition) is 2. The molecule has 8 nitrogen and oxygen atoms in total. The summed E-state index contributed by atoms with van der Waals surface area (Å²) in [6.45, 7) is 0. The molecular formula is C23H17N5O3. The average molecular weight is 411 g/mol.